The van der Waals surface area contributed by atoms with Crippen molar-refractivity contribution in [3.8, 4) is 5.75 Å². The van der Waals surface area contributed by atoms with Gasteiger partial charge in [-0.1, -0.05) is 5.21 Å². The average molecular weight is 291 g/mol. The Kier molecular flexibility index (Phi) is 4.14. The summed E-state index contributed by atoms with van der Waals surface area (Å²) in [6, 6.07) is 3.45. The molecule has 0 aliphatic carbocycles. The summed E-state index contributed by atoms with van der Waals surface area (Å²) in [7, 11) is 0. The third-order valence-electron chi connectivity index (χ3n) is 2.32. The van der Waals surface area contributed by atoms with E-state index in [-0.39, 0.29) is 29.2 Å². The monoisotopic (exact) mass is 291 g/mol. The van der Waals surface area contributed by atoms with Gasteiger partial charge in [0.1, 0.15) is 5.75 Å². The summed E-state index contributed by atoms with van der Waals surface area (Å²) in [5.41, 5.74) is 2.07. The number of amides is 1. The van der Waals surface area contributed by atoms with E-state index in [4.69, 9.17) is 0 Å². The van der Waals surface area contributed by atoms with E-state index in [0.29, 0.717) is 0 Å². The number of aromatic amines is 1. The first-order chi connectivity index (χ1) is 10.1. The first-order valence-corrected chi connectivity index (χ1v) is 5.58. The number of rotatable bonds is 5. The van der Waals surface area contributed by atoms with Crippen molar-refractivity contribution in [1.29, 1.82) is 0 Å². The fourth-order valence-electron chi connectivity index (χ4n) is 1.37. The van der Waals surface area contributed by atoms with Gasteiger partial charge in [-0.15, -0.1) is 10.2 Å². The standard InChI is InChI=1S/C10H9N7O4/c18-8-2-1-7(17(20)21)3-6(8)5-11-14-10(19)4-9-12-15-16-13-9/h1-3,5,18H,4H2,(H,14,19)(H,12,13,15,16)/b11-5-. The highest BCUT2D eigenvalue weighted by atomic mass is 16.6. The van der Waals surface area contributed by atoms with Gasteiger partial charge >= 0.3 is 0 Å². The van der Waals surface area contributed by atoms with Crippen molar-refractivity contribution >= 4 is 17.8 Å². The van der Waals surface area contributed by atoms with Crippen molar-refractivity contribution in [1.82, 2.24) is 26.0 Å². The summed E-state index contributed by atoms with van der Waals surface area (Å²) < 4.78 is 0. The molecule has 11 heteroatoms. The number of tetrazole rings is 1. The molecular weight excluding hydrogens is 282 g/mol. The lowest BCUT2D eigenvalue weighted by Crippen LogP contribution is -2.20. The molecular formula is C10H9N7O4. The third kappa shape index (κ3) is 3.79. The molecule has 0 fully saturated rings. The summed E-state index contributed by atoms with van der Waals surface area (Å²) in [4.78, 5) is 21.4. The molecule has 1 heterocycles. The van der Waals surface area contributed by atoms with Crippen molar-refractivity contribution in [2.45, 2.75) is 6.42 Å². The van der Waals surface area contributed by atoms with Crippen LogP contribution in [0.3, 0.4) is 0 Å². The molecule has 0 aliphatic rings. The minimum Gasteiger partial charge on any atom is -0.507 e. The molecule has 3 N–H and O–H groups in total. The van der Waals surface area contributed by atoms with Gasteiger partial charge in [-0.2, -0.15) is 10.3 Å². The number of aromatic nitrogens is 4. The summed E-state index contributed by atoms with van der Waals surface area (Å²) in [6.07, 6.45) is 0.964. The number of nitrogens with zero attached hydrogens (tertiary/aromatic N) is 5. The number of hydrazone groups is 1. The van der Waals surface area contributed by atoms with Crippen molar-refractivity contribution in [3.63, 3.8) is 0 Å². The zero-order chi connectivity index (χ0) is 15.2. The van der Waals surface area contributed by atoms with Crippen LogP contribution in [-0.4, -0.2) is 42.8 Å². The maximum Gasteiger partial charge on any atom is 0.270 e. The molecule has 2 aromatic rings. The summed E-state index contributed by atoms with van der Waals surface area (Å²) in [5.74, 6) is -0.504. The minimum atomic E-state index is -0.606. The van der Waals surface area contributed by atoms with E-state index in [2.05, 4.69) is 31.2 Å². The normalized spacial score (nSPS) is 10.7. The molecule has 0 atom stereocenters. The fourth-order valence-corrected chi connectivity index (χ4v) is 1.37. The number of hydrogen-bond acceptors (Lipinski definition) is 8. The largest absolute Gasteiger partial charge is 0.507 e. The Morgan fingerprint density at radius 3 is 3.05 bits per heavy atom. The molecule has 0 spiro atoms. The van der Waals surface area contributed by atoms with Crippen molar-refractivity contribution < 1.29 is 14.8 Å². The minimum absolute atomic E-state index is 0.101. The van der Waals surface area contributed by atoms with Crippen molar-refractivity contribution in [2.24, 2.45) is 5.10 Å². The summed E-state index contributed by atoms with van der Waals surface area (Å²) in [5, 5.41) is 36.4. The predicted octanol–water partition coefficient (Wildman–Crippen LogP) is -0.494. The number of nitro groups is 1. The Hall–Kier alpha value is -3.37. The number of nitro benzene ring substituents is 1. The summed E-state index contributed by atoms with van der Waals surface area (Å²) >= 11 is 0. The lowest BCUT2D eigenvalue weighted by Gasteiger charge is -1.99. The van der Waals surface area contributed by atoms with Gasteiger partial charge in [0.15, 0.2) is 5.82 Å². The first-order valence-electron chi connectivity index (χ1n) is 5.58. The zero-order valence-electron chi connectivity index (χ0n) is 10.4. The number of carbonyl (C=O) groups excluding carboxylic acids is 1. The molecule has 21 heavy (non-hydrogen) atoms. The number of non-ortho nitro benzene ring substituents is 1. The van der Waals surface area contributed by atoms with Gasteiger partial charge in [-0.25, -0.2) is 5.43 Å². The highest BCUT2D eigenvalue weighted by Crippen LogP contribution is 2.21. The lowest BCUT2D eigenvalue weighted by atomic mass is 10.2. The summed E-state index contributed by atoms with van der Waals surface area (Å²) in [6.45, 7) is 0. The van der Waals surface area contributed by atoms with E-state index in [1.807, 2.05) is 0 Å². The van der Waals surface area contributed by atoms with Gasteiger partial charge in [-0.05, 0) is 6.07 Å². The fraction of sp³-hybridized carbons (Fsp3) is 0.100. The van der Waals surface area contributed by atoms with Gasteiger partial charge in [0.2, 0.25) is 5.91 Å². The third-order valence-corrected chi connectivity index (χ3v) is 2.32. The molecule has 108 valence electrons. The molecule has 11 nitrogen and oxygen atoms in total. The van der Waals surface area contributed by atoms with Crippen LogP contribution in [-0.2, 0) is 11.2 Å². The molecule has 1 aromatic heterocycles. The van der Waals surface area contributed by atoms with Crippen LogP contribution in [0.1, 0.15) is 11.4 Å². The van der Waals surface area contributed by atoms with Gasteiger partial charge in [0, 0.05) is 17.7 Å². The van der Waals surface area contributed by atoms with Crippen LogP contribution in [0.4, 0.5) is 5.69 Å². The number of phenols is 1. The van der Waals surface area contributed by atoms with E-state index in [1.54, 1.807) is 0 Å². The second kappa shape index (κ2) is 6.18. The second-order valence-corrected chi connectivity index (χ2v) is 3.80. The molecule has 0 bridgehead atoms. The number of benzene rings is 1. The van der Waals surface area contributed by atoms with Crippen LogP contribution in [0.2, 0.25) is 0 Å². The van der Waals surface area contributed by atoms with Crippen LogP contribution in [0.15, 0.2) is 23.3 Å². The molecule has 0 saturated heterocycles. The average Bonchev–Trinajstić information content (AvgIpc) is 2.93. The van der Waals surface area contributed by atoms with Crippen LogP contribution in [0, 0.1) is 10.1 Å². The number of aromatic hydroxyl groups is 1. The lowest BCUT2D eigenvalue weighted by molar-refractivity contribution is -0.384. The Balaban J connectivity index is 1.99. The van der Waals surface area contributed by atoms with E-state index in [9.17, 15) is 20.0 Å². The zero-order valence-corrected chi connectivity index (χ0v) is 10.4. The molecule has 1 amide bonds. The van der Waals surface area contributed by atoms with E-state index in [0.717, 1.165) is 18.3 Å². The Labute approximate surface area is 116 Å². The molecule has 1 aromatic carbocycles. The number of H-pyrrole nitrogens is 1. The molecule has 0 aliphatic heterocycles. The van der Waals surface area contributed by atoms with E-state index in [1.165, 1.54) is 6.07 Å². The van der Waals surface area contributed by atoms with Crippen molar-refractivity contribution in [3.05, 3.63) is 39.7 Å². The molecule has 0 saturated carbocycles. The number of hydrogen-bond donors (Lipinski definition) is 3. The van der Waals surface area contributed by atoms with Crippen LogP contribution >= 0.6 is 0 Å². The Morgan fingerprint density at radius 2 is 2.38 bits per heavy atom. The van der Waals surface area contributed by atoms with E-state index >= 15 is 0 Å². The highest BCUT2D eigenvalue weighted by molar-refractivity contribution is 5.86. The predicted molar refractivity (Wildman–Crippen MR) is 68.4 cm³/mol. The van der Waals surface area contributed by atoms with Gasteiger partial charge in [0.25, 0.3) is 5.69 Å². The molecule has 2 rings (SSSR count). The quantitative estimate of drug-likeness (QED) is 0.380. The smallest absolute Gasteiger partial charge is 0.270 e. The molecule has 0 radical (unpaired) electrons. The number of nitrogens with one attached hydrogen (secondary N) is 2. The second-order valence-electron chi connectivity index (χ2n) is 3.80. The number of phenolic OH excluding ortho intramolecular Hbond substituents is 1. The number of carbonyl (C=O) groups is 1. The van der Waals surface area contributed by atoms with Crippen LogP contribution in [0.25, 0.3) is 0 Å². The topological polar surface area (TPSA) is 159 Å². The maximum atomic E-state index is 11.4. The van der Waals surface area contributed by atoms with Gasteiger partial charge in [-0.3, -0.25) is 14.9 Å². The maximum absolute atomic E-state index is 11.4. The van der Waals surface area contributed by atoms with Gasteiger partial charge in [0.05, 0.1) is 17.6 Å². The Morgan fingerprint density at radius 1 is 1.57 bits per heavy atom. The molecule has 0 unspecified atom stereocenters. The first kappa shape index (κ1) is 14.0. The van der Waals surface area contributed by atoms with Gasteiger partial charge < -0.3 is 5.11 Å². The van der Waals surface area contributed by atoms with Crippen molar-refractivity contribution in [2.75, 3.05) is 0 Å². The Bertz CT molecular complexity index is 683. The van der Waals surface area contributed by atoms with Crippen LogP contribution < -0.4 is 5.43 Å². The highest BCUT2D eigenvalue weighted by Gasteiger charge is 2.09. The SMILES string of the molecule is O=C(Cc1nn[nH]n1)N/N=C\c1cc([N+](=O)[O-])ccc1O. The van der Waals surface area contributed by atoms with E-state index < -0.39 is 10.8 Å². The van der Waals surface area contributed by atoms with Crippen LogP contribution in [0.5, 0.6) is 5.75 Å².